The first-order chi connectivity index (χ1) is 9.90. The molecule has 2 rings (SSSR count). The molecule has 0 bridgehead atoms. The largest absolute Gasteiger partial charge is 0.375 e. The van der Waals surface area contributed by atoms with Crippen LogP contribution in [0, 0.1) is 34.1 Å². The lowest BCUT2D eigenvalue weighted by Crippen LogP contribution is -2.04. The number of aryl methyl sites for hydroxylation is 2. The van der Waals surface area contributed by atoms with Crippen LogP contribution in [-0.2, 0) is 6.54 Å². The molecule has 110 valence electrons. The maximum atomic E-state index is 11.0. The van der Waals surface area contributed by atoms with E-state index in [0.29, 0.717) is 6.54 Å². The Morgan fingerprint density at radius 2 is 1.95 bits per heavy atom. The van der Waals surface area contributed by atoms with Gasteiger partial charge in [0, 0.05) is 23.9 Å². The molecule has 0 saturated carbocycles. The fourth-order valence-electron chi connectivity index (χ4n) is 1.95. The molecule has 0 atom stereocenters. The summed E-state index contributed by atoms with van der Waals surface area (Å²) < 4.78 is 0. The first kappa shape index (κ1) is 14.4. The Kier molecular flexibility index (Phi) is 3.83. The molecule has 0 aliphatic rings. The molecule has 0 amide bonds. The van der Waals surface area contributed by atoms with Crippen LogP contribution in [0.25, 0.3) is 0 Å². The number of nitro groups is 2. The van der Waals surface area contributed by atoms with Crippen LogP contribution >= 0.6 is 0 Å². The highest BCUT2D eigenvalue weighted by molar-refractivity contribution is 5.65. The number of H-pyrrole nitrogens is 1. The Bertz CT molecular complexity index is 690. The number of benzene rings is 1. The second-order valence-corrected chi connectivity index (χ2v) is 4.48. The van der Waals surface area contributed by atoms with Crippen LogP contribution in [0.4, 0.5) is 17.1 Å². The number of aromatic nitrogens is 2. The van der Waals surface area contributed by atoms with Crippen molar-refractivity contribution in [1.29, 1.82) is 0 Å². The highest BCUT2D eigenvalue weighted by atomic mass is 16.6. The summed E-state index contributed by atoms with van der Waals surface area (Å²) in [6, 6.07) is 3.50. The molecular weight excluding hydrogens is 278 g/mol. The van der Waals surface area contributed by atoms with Crippen molar-refractivity contribution < 1.29 is 9.85 Å². The van der Waals surface area contributed by atoms with Gasteiger partial charge in [0.1, 0.15) is 5.69 Å². The Labute approximate surface area is 119 Å². The molecule has 2 N–H and O–H groups in total. The van der Waals surface area contributed by atoms with E-state index in [1.807, 2.05) is 13.8 Å². The van der Waals surface area contributed by atoms with E-state index in [2.05, 4.69) is 15.5 Å². The number of nitrogens with zero attached hydrogens (tertiary/aromatic N) is 3. The minimum absolute atomic E-state index is 0.227. The maximum absolute atomic E-state index is 11.0. The monoisotopic (exact) mass is 291 g/mol. The maximum Gasteiger partial charge on any atom is 0.299 e. The first-order valence-electron chi connectivity index (χ1n) is 6.07. The molecule has 9 nitrogen and oxygen atoms in total. The number of aromatic amines is 1. The first-order valence-corrected chi connectivity index (χ1v) is 6.07. The van der Waals surface area contributed by atoms with Gasteiger partial charge in [-0.2, -0.15) is 5.10 Å². The molecule has 0 fully saturated rings. The molecule has 0 radical (unpaired) electrons. The van der Waals surface area contributed by atoms with E-state index in [9.17, 15) is 20.2 Å². The van der Waals surface area contributed by atoms with Crippen LogP contribution in [0.1, 0.15) is 17.0 Å². The summed E-state index contributed by atoms with van der Waals surface area (Å²) in [7, 11) is 0. The zero-order valence-electron chi connectivity index (χ0n) is 11.4. The topological polar surface area (TPSA) is 127 Å². The van der Waals surface area contributed by atoms with E-state index in [0.717, 1.165) is 23.0 Å². The number of non-ortho nitro benzene ring substituents is 1. The van der Waals surface area contributed by atoms with Crippen molar-refractivity contribution >= 4 is 17.1 Å². The fraction of sp³-hybridized carbons (Fsp3) is 0.250. The lowest BCUT2D eigenvalue weighted by Gasteiger charge is -2.07. The van der Waals surface area contributed by atoms with E-state index in [1.165, 1.54) is 12.1 Å². The second kappa shape index (κ2) is 5.57. The van der Waals surface area contributed by atoms with Crippen LogP contribution in [0.2, 0.25) is 0 Å². The van der Waals surface area contributed by atoms with Gasteiger partial charge in [0.2, 0.25) is 0 Å². The van der Waals surface area contributed by atoms with Crippen molar-refractivity contribution in [3.05, 3.63) is 55.4 Å². The predicted octanol–water partition coefficient (Wildman–Crippen LogP) is 2.46. The van der Waals surface area contributed by atoms with Gasteiger partial charge in [-0.3, -0.25) is 25.3 Å². The van der Waals surface area contributed by atoms with Gasteiger partial charge in [-0.05, 0) is 19.9 Å². The van der Waals surface area contributed by atoms with E-state index < -0.39 is 9.85 Å². The average Bonchev–Trinajstić information content (AvgIpc) is 2.75. The summed E-state index contributed by atoms with van der Waals surface area (Å²) in [5.74, 6) is 0. The fourth-order valence-corrected chi connectivity index (χ4v) is 1.95. The van der Waals surface area contributed by atoms with E-state index in [-0.39, 0.29) is 17.1 Å². The normalized spacial score (nSPS) is 10.4. The molecule has 1 aromatic heterocycles. The molecule has 1 aromatic carbocycles. The molecule has 21 heavy (non-hydrogen) atoms. The quantitative estimate of drug-likeness (QED) is 0.643. The van der Waals surface area contributed by atoms with Gasteiger partial charge in [-0.25, -0.2) is 0 Å². The van der Waals surface area contributed by atoms with Crippen LogP contribution in [0.5, 0.6) is 0 Å². The molecule has 0 aliphatic carbocycles. The third-order valence-corrected chi connectivity index (χ3v) is 3.13. The summed E-state index contributed by atoms with van der Waals surface area (Å²) in [6.07, 6.45) is 0. The van der Waals surface area contributed by atoms with Crippen molar-refractivity contribution in [2.24, 2.45) is 0 Å². The summed E-state index contributed by atoms with van der Waals surface area (Å²) in [6.45, 7) is 4.01. The Hall–Kier alpha value is -2.97. The van der Waals surface area contributed by atoms with Gasteiger partial charge in [0.15, 0.2) is 0 Å². The number of anilines is 1. The summed E-state index contributed by atoms with van der Waals surface area (Å²) >= 11 is 0. The smallest absolute Gasteiger partial charge is 0.299 e. The number of nitro benzene ring substituents is 2. The van der Waals surface area contributed by atoms with Gasteiger partial charge >= 0.3 is 0 Å². The number of hydrogen-bond donors (Lipinski definition) is 2. The molecule has 9 heteroatoms. The highest BCUT2D eigenvalue weighted by Crippen LogP contribution is 2.29. The zero-order valence-corrected chi connectivity index (χ0v) is 11.4. The summed E-state index contributed by atoms with van der Waals surface area (Å²) in [4.78, 5) is 20.4. The minimum atomic E-state index is -0.666. The van der Waals surface area contributed by atoms with Crippen molar-refractivity contribution in [3.8, 4) is 0 Å². The molecule has 0 aliphatic heterocycles. The van der Waals surface area contributed by atoms with Gasteiger partial charge < -0.3 is 5.32 Å². The standard InChI is InChI=1S/C12H13N5O4/c1-7-10(8(2)15-14-7)6-13-11-4-3-9(16(18)19)5-12(11)17(20)21/h3-5,13H,6H2,1-2H3,(H,14,15). The molecule has 2 aromatic rings. The van der Waals surface area contributed by atoms with Gasteiger partial charge in [-0.1, -0.05) is 0 Å². The Balaban J connectivity index is 2.28. The lowest BCUT2D eigenvalue weighted by atomic mass is 10.2. The number of hydrogen-bond acceptors (Lipinski definition) is 6. The average molecular weight is 291 g/mol. The van der Waals surface area contributed by atoms with E-state index >= 15 is 0 Å². The third kappa shape index (κ3) is 2.96. The highest BCUT2D eigenvalue weighted by Gasteiger charge is 2.19. The molecule has 0 unspecified atom stereocenters. The van der Waals surface area contributed by atoms with Crippen LogP contribution in [0.15, 0.2) is 18.2 Å². The molecular formula is C12H13N5O4. The van der Waals surface area contributed by atoms with E-state index in [1.54, 1.807) is 0 Å². The Morgan fingerprint density at radius 1 is 1.24 bits per heavy atom. The van der Waals surface area contributed by atoms with Gasteiger partial charge in [0.25, 0.3) is 11.4 Å². The summed E-state index contributed by atoms with van der Waals surface area (Å²) in [5, 5.41) is 31.5. The minimum Gasteiger partial charge on any atom is -0.375 e. The zero-order chi connectivity index (χ0) is 15.6. The van der Waals surface area contributed by atoms with Crippen molar-refractivity contribution in [3.63, 3.8) is 0 Å². The van der Waals surface area contributed by atoms with E-state index in [4.69, 9.17) is 0 Å². The SMILES string of the molecule is Cc1n[nH]c(C)c1CNc1ccc([N+](=O)[O-])cc1[N+](=O)[O-]. The number of rotatable bonds is 5. The number of nitrogens with one attached hydrogen (secondary N) is 2. The van der Waals surface area contributed by atoms with Gasteiger partial charge in [-0.15, -0.1) is 0 Å². The molecule has 0 saturated heterocycles. The van der Waals surface area contributed by atoms with Crippen LogP contribution < -0.4 is 5.32 Å². The molecule has 0 spiro atoms. The van der Waals surface area contributed by atoms with Gasteiger partial charge in [0.05, 0.1) is 21.6 Å². The predicted molar refractivity (Wildman–Crippen MR) is 75.1 cm³/mol. The van der Waals surface area contributed by atoms with Crippen LogP contribution in [0.3, 0.4) is 0 Å². The summed E-state index contributed by atoms with van der Waals surface area (Å²) in [5.41, 5.74) is 2.15. The van der Waals surface area contributed by atoms with Crippen LogP contribution in [-0.4, -0.2) is 20.0 Å². The molecule has 1 heterocycles. The van der Waals surface area contributed by atoms with Crippen molar-refractivity contribution in [1.82, 2.24) is 10.2 Å². The third-order valence-electron chi connectivity index (χ3n) is 3.13. The van der Waals surface area contributed by atoms with Crippen molar-refractivity contribution in [2.45, 2.75) is 20.4 Å². The second-order valence-electron chi connectivity index (χ2n) is 4.48. The lowest BCUT2D eigenvalue weighted by molar-refractivity contribution is -0.393. The Morgan fingerprint density at radius 3 is 2.48 bits per heavy atom. The van der Waals surface area contributed by atoms with Crippen molar-refractivity contribution in [2.75, 3.05) is 5.32 Å².